The number of fused-ring (bicyclic) bond motifs is 1. The third kappa shape index (κ3) is 4.90. The molecule has 0 aliphatic carbocycles. The fourth-order valence-corrected chi connectivity index (χ4v) is 5.81. The average molecular weight is 571 g/mol. The Labute approximate surface area is 221 Å². The predicted octanol–water partition coefficient (Wildman–Crippen LogP) is 4.28. The number of thiazole rings is 1. The number of hydrogen-bond donors (Lipinski definition) is 0. The fourth-order valence-electron chi connectivity index (χ4n) is 4.14. The third-order valence-corrected chi connectivity index (χ3v) is 7.32. The molecule has 0 amide bonds. The van der Waals surface area contributed by atoms with Crippen molar-refractivity contribution < 1.29 is 19.0 Å². The molecule has 2 heterocycles. The van der Waals surface area contributed by atoms with Crippen LogP contribution in [0.5, 0.6) is 11.5 Å². The van der Waals surface area contributed by atoms with Gasteiger partial charge in [-0.05, 0) is 73.0 Å². The van der Waals surface area contributed by atoms with Crippen molar-refractivity contribution in [1.82, 2.24) is 4.57 Å². The van der Waals surface area contributed by atoms with Gasteiger partial charge in [0, 0.05) is 0 Å². The summed E-state index contributed by atoms with van der Waals surface area (Å²) < 4.78 is 19.3. The number of carbonyl (C=O) groups is 1. The first-order chi connectivity index (χ1) is 17.3. The highest BCUT2D eigenvalue weighted by Gasteiger charge is 2.33. The van der Waals surface area contributed by atoms with Crippen molar-refractivity contribution in [3.8, 4) is 11.5 Å². The van der Waals surface area contributed by atoms with Crippen LogP contribution in [0.2, 0.25) is 0 Å². The molecule has 0 N–H and O–H groups in total. The molecule has 0 spiro atoms. The number of aryl methyl sites for hydroxylation is 1. The lowest BCUT2D eigenvalue weighted by atomic mass is 9.95. The molecular formula is C27H27BrN2O5S. The Morgan fingerprint density at radius 2 is 1.89 bits per heavy atom. The van der Waals surface area contributed by atoms with Crippen LogP contribution < -0.4 is 24.4 Å². The van der Waals surface area contributed by atoms with Gasteiger partial charge >= 0.3 is 5.97 Å². The summed E-state index contributed by atoms with van der Waals surface area (Å²) in [5.41, 5.74) is 3.34. The van der Waals surface area contributed by atoms with E-state index in [1.165, 1.54) is 11.3 Å². The number of ether oxygens (including phenoxy) is 3. The lowest BCUT2D eigenvalue weighted by molar-refractivity contribution is -0.139. The minimum absolute atomic E-state index is 0.231. The topological polar surface area (TPSA) is 79.1 Å². The molecule has 36 heavy (non-hydrogen) atoms. The molecule has 7 nitrogen and oxygen atoms in total. The highest BCUT2D eigenvalue weighted by molar-refractivity contribution is 9.10. The zero-order valence-corrected chi connectivity index (χ0v) is 23.2. The lowest BCUT2D eigenvalue weighted by Gasteiger charge is -2.24. The van der Waals surface area contributed by atoms with Crippen molar-refractivity contribution in [2.75, 3.05) is 20.3 Å². The standard InChI is InChI=1S/C27H27BrN2O5S/c1-6-34-20-13-17(12-19(28)24(20)33-5)14-21-25(31)30-23(18-10-8-15(3)9-11-18)22(26(32)35-7-2)16(4)29-27(30)36-21/h8-14,23H,6-7H2,1-5H3/b21-14-/t23-/m1/s1. The summed E-state index contributed by atoms with van der Waals surface area (Å²) >= 11 is 4.81. The van der Waals surface area contributed by atoms with Gasteiger partial charge in [0.2, 0.25) is 0 Å². The SMILES string of the molecule is CCOC(=O)C1=C(C)N=c2s/c(=C\c3cc(Br)c(OC)c(OCC)c3)c(=O)n2[C@@H]1c1ccc(C)cc1. The van der Waals surface area contributed by atoms with Crippen molar-refractivity contribution in [2.45, 2.75) is 33.7 Å². The van der Waals surface area contributed by atoms with Crippen molar-refractivity contribution in [2.24, 2.45) is 4.99 Å². The molecule has 4 rings (SSSR count). The van der Waals surface area contributed by atoms with Crippen LogP contribution in [-0.2, 0) is 9.53 Å². The molecule has 0 fully saturated rings. The number of benzene rings is 2. The quantitative estimate of drug-likeness (QED) is 0.396. The Hall–Kier alpha value is -3.17. The molecule has 0 saturated carbocycles. The van der Waals surface area contributed by atoms with E-state index in [9.17, 15) is 9.59 Å². The molecule has 2 aromatic carbocycles. The van der Waals surface area contributed by atoms with Gasteiger partial charge < -0.3 is 14.2 Å². The van der Waals surface area contributed by atoms with Gasteiger partial charge in [-0.15, -0.1) is 0 Å². The molecule has 0 radical (unpaired) electrons. The summed E-state index contributed by atoms with van der Waals surface area (Å²) in [5.74, 6) is 0.690. The second-order valence-corrected chi connectivity index (χ2v) is 10.0. The number of allylic oxidation sites excluding steroid dienone is 1. The van der Waals surface area contributed by atoms with Gasteiger partial charge in [-0.1, -0.05) is 41.2 Å². The van der Waals surface area contributed by atoms with E-state index < -0.39 is 12.0 Å². The largest absolute Gasteiger partial charge is 0.492 e. The number of halogens is 1. The van der Waals surface area contributed by atoms with E-state index in [0.29, 0.717) is 43.2 Å². The summed E-state index contributed by atoms with van der Waals surface area (Å²) in [5, 5.41) is 0. The fraction of sp³-hybridized carbons (Fsp3) is 0.296. The molecular weight excluding hydrogens is 544 g/mol. The summed E-state index contributed by atoms with van der Waals surface area (Å²) in [6.07, 6.45) is 1.80. The molecule has 9 heteroatoms. The van der Waals surface area contributed by atoms with E-state index in [2.05, 4.69) is 20.9 Å². The van der Waals surface area contributed by atoms with Gasteiger partial charge in [-0.3, -0.25) is 9.36 Å². The highest BCUT2D eigenvalue weighted by Crippen LogP contribution is 2.37. The summed E-state index contributed by atoms with van der Waals surface area (Å²) in [6.45, 7) is 8.13. The molecule has 1 aliphatic heterocycles. The second-order valence-electron chi connectivity index (χ2n) is 8.18. The van der Waals surface area contributed by atoms with Crippen LogP contribution in [0.1, 0.15) is 43.5 Å². The Balaban J connectivity index is 1.93. The number of aromatic nitrogens is 1. The monoisotopic (exact) mass is 570 g/mol. The van der Waals surface area contributed by atoms with E-state index in [4.69, 9.17) is 14.2 Å². The normalized spacial score (nSPS) is 15.4. The maximum absolute atomic E-state index is 13.8. The zero-order chi connectivity index (χ0) is 26.0. The Bertz CT molecular complexity index is 1520. The first-order valence-corrected chi connectivity index (χ1v) is 13.2. The summed E-state index contributed by atoms with van der Waals surface area (Å²) in [4.78, 5) is 31.9. The zero-order valence-electron chi connectivity index (χ0n) is 20.8. The minimum atomic E-state index is -0.635. The van der Waals surface area contributed by atoms with E-state index in [-0.39, 0.29) is 12.2 Å². The van der Waals surface area contributed by atoms with Gasteiger partial charge in [0.15, 0.2) is 16.3 Å². The van der Waals surface area contributed by atoms with Crippen LogP contribution >= 0.6 is 27.3 Å². The number of nitrogens with zero attached hydrogens (tertiary/aromatic N) is 2. The molecule has 188 valence electrons. The molecule has 1 aliphatic rings. The van der Waals surface area contributed by atoms with Gasteiger partial charge in [0.25, 0.3) is 5.56 Å². The Morgan fingerprint density at radius 3 is 2.53 bits per heavy atom. The molecule has 0 bridgehead atoms. The number of methoxy groups -OCH3 is 1. The maximum Gasteiger partial charge on any atom is 0.338 e. The van der Waals surface area contributed by atoms with Crippen LogP contribution in [0.15, 0.2) is 61.9 Å². The first kappa shape index (κ1) is 25.9. The Kier molecular flexibility index (Phi) is 7.80. The Morgan fingerprint density at radius 1 is 1.17 bits per heavy atom. The van der Waals surface area contributed by atoms with Gasteiger partial charge in [0.1, 0.15) is 0 Å². The highest BCUT2D eigenvalue weighted by atomic mass is 79.9. The first-order valence-electron chi connectivity index (χ1n) is 11.6. The predicted molar refractivity (Wildman–Crippen MR) is 143 cm³/mol. The molecule has 0 unspecified atom stereocenters. The molecule has 0 saturated heterocycles. The molecule has 3 aromatic rings. The van der Waals surface area contributed by atoms with E-state index in [1.807, 2.05) is 50.2 Å². The number of rotatable bonds is 7. The van der Waals surface area contributed by atoms with Crippen molar-refractivity contribution in [3.63, 3.8) is 0 Å². The summed E-state index contributed by atoms with van der Waals surface area (Å²) in [7, 11) is 1.58. The van der Waals surface area contributed by atoms with Gasteiger partial charge in [-0.2, -0.15) is 0 Å². The van der Waals surface area contributed by atoms with Crippen molar-refractivity contribution in [1.29, 1.82) is 0 Å². The lowest BCUT2D eigenvalue weighted by Crippen LogP contribution is -2.39. The second kappa shape index (κ2) is 10.8. The number of carbonyl (C=O) groups excluding carboxylic acids is 1. The van der Waals surface area contributed by atoms with Crippen LogP contribution in [0, 0.1) is 6.92 Å². The number of esters is 1. The molecule has 1 atom stereocenters. The summed E-state index contributed by atoms with van der Waals surface area (Å²) in [6, 6.07) is 10.9. The van der Waals surface area contributed by atoms with E-state index >= 15 is 0 Å². The van der Waals surface area contributed by atoms with Crippen LogP contribution in [0.4, 0.5) is 0 Å². The smallest absolute Gasteiger partial charge is 0.338 e. The third-order valence-electron chi connectivity index (χ3n) is 5.74. The maximum atomic E-state index is 13.8. The van der Waals surface area contributed by atoms with Crippen molar-refractivity contribution >= 4 is 39.3 Å². The van der Waals surface area contributed by atoms with E-state index in [1.54, 1.807) is 31.6 Å². The van der Waals surface area contributed by atoms with E-state index in [0.717, 1.165) is 16.7 Å². The molecule has 1 aromatic heterocycles. The van der Waals surface area contributed by atoms with Crippen molar-refractivity contribution in [3.05, 3.63) is 88.5 Å². The average Bonchev–Trinajstić information content (AvgIpc) is 3.13. The number of hydrogen-bond acceptors (Lipinski definition) is 7. The van der Waals surface area contributed by atoms with Gasteiger partial charge in [-0.25, -0.2) is 9.79 Å². The van der Waals surface area contributed by atoms with Crippen LogP contribution in [-0.4, -0.2) is 30.9 Å². The van der Waals surface area contributed by atoms with Crippen LogP contribution in [0.3, 0.4) is 0 Å². The van der Waals surface area contributed by atoms with Gasteiger partial charge in [0.05, 0.1) is 46.6 Å². The minimum Gasteiger partial charge on any atom is -0.492 e. The van der Waals surface area contributed by atoms with Crippen LogP contribution in [0.25, 0.3) is 6.08 Å².